The number of allylic oxidation sites excluding steroid dienone is 4. The molecule has 1 fully saturated rings. The van der Waals surface area contributed by atoms with Gasteiger partial charge in [0.2, 0.25) is 5.78 Å². The molecular formula is C28H32F4N6O5. The fourth-order valence-corrected chi connectivity index (χ4v) is 4.68. The average Bonchev–Trinajstić information content (AvgIpc) is 2.95. The monoisotopic (exact) mass is 608 g/mol. The first-order chi connectivity index (χ1) is 20.5. The predicted octanol–water partition coefficient (Wildman–Crippen LogP) is 2.95. The highest BCUT2D eigenvalue weighted by Gasteiger charge is 2.35. The van der Waals surface area contributed by atoms with Gasteiger partial charge in [-0.05, 0) is 30.7 Å². The van der Waals surface area contributed by atoms with Crippen molar-refractivity contribution >= 4 is 28.8 Å². The summed E-state index contributed by atoms with van der Waals surface area (Å²) in [6, 6.07) is 0.371. The van der Waals surface area contributed by atoms with Crippen LogP contribution in [0.1, 0.15) is 29.1 Å². The number of ketones is 1. The van der Waals surface area contributed by atoms with Gasteiger partial charge >= 0.3 is 12.2 Å². The zero-order valence-corrected chi connectivity index (χ0v) is 23.4. The lowest BCUT2D eigenvalue weighted by atomic mass is 10.0. The largest absolute Gasteiger partial charge is 0.487 e. The number of Topliss-reactive ketones (excluding diaryl/α,β-unsaturated/α-hetero) is 1. The number of urea groups is 1. The predicted molar refractivity (Wildman–Crippen MR) is 148 cm³/mol. The number of alkyl halides is 3. The molecule has 232 valence electrons. The van der Waals surface area contributed by atoms with Crippen molar-refractivity contribution in [2.45, 2.75) is 26.1 Å². The van der Waals surface area contributed by atoms with Crippen LogP contribution in [-0.2, 0) is 22.3 Å². The number of carbonyl (C=O) groups is 2. The number of β-amino-alcohol motifs (C(OH)–C–C–N with tert-alkyl or cyclic N) is 1. The van der Waals surface area contributed by atoms with Crippen LogP contribution in [0.3, 0.4) is 0 Å². The summed E-state index contributed by atoms with van der Waals surface area (Å²) in [6.45, 7) is 3.66. The van der Waals surface area contributed by atoms with E-state index >= 15 is 0 Å². The maximum Gasteiger partial charge on any atom is 0.416 e. The van der Waals surface area contributed by atoms with Crippen LogP contribution in [0.25, 0.3) is 5.57 Å². The van der Waals surface area contributed by atoms with E-state index in [1.165, 1.54) is 12.3 Å². The normalized spacial score (nSPS) is 16.5. The van der Waals surface area contributed by atoms with Crippen LogP contribution >= 0.6 is 0 Å². The van der Waals surface area contributed by atoms with Gasteiger partial charge in [0, 0.05) is 51.3 Å². The molecule has 1 aliphatic carbocycles. The van der Waals surface area contributed by atoms with E-state index in [2.05, 4.69) is 20.6 Å². The maximum absolute atomic E-state index is 15.0. The van der Waals surface area contributed by atoms with Gasteiger partial charge in [-0.2, -0.15) is 13.2 Å². The number of hydrogen-bond acceptors (Lipinski definition) is 9. The molecule has 2 amide bonds. The Morgan fingerprint density at radius 3 is 2.42 bits per heavy atom. The number of anilines is 2. The Balaban J connectivity index is 1.45. The Hall–Kier alpha value is -3.92. The Bertz CT molecular complexity index is 1410. The minimum absolute atomic E-state index is 0.00818. The molecule has 2 heterocycles. The number of aliphatic hydroxyl groups excluding tert-OH is 2. The zero-order valence-electron chi connectivity index (χ0n) is 23.4. The molecule has 4 rings (SSSR count). The number of nitrogens with zero attached hydrogens (tertiary/aromatic N) is 4. The molecule has 0 spiro atoms. The van der Waals surface area contributed by atoms with Crippen molar-refractivity contribution < 1.29 is 42.1 Å². The molecule has 11 nitrogen and oxygen atoms in total. The number of aliphatic hydroxyl groups is 2. The Labute approximate surface area is 244 Å². The summed E-state index contributed by atoms with van der Waals surface area (Å²) in [5.74, 6) is -1.01. The van der Waals surface area contributed by atoms with E-state index in [9.17, 15) is 27.2 Å². The SMILES string of the molecule is Cc1nc(C2=CCC(=O)C(OCCO)=C2)ncc1NC(=O)Nc1cc(C(F)(F)F)c(CN2CCN(CCO)CC2)cc1F. The van der Waals surface area contributed by atoms with Crippen LogP contribution in [0.5, 0.6) is 0 Å². The van der Waals surface area contributed by atoms with Crippen LogP contribution in [0, 0.1) is 12.7 Å². The van der Waals surface area contributed by atoms with Crippen molar-refractivity contribution in [3.05, 3.63) is 64.7 Å². The van der Waals surface area contributed by atoms with E-state index in [1.807, 2.05) is 4.90 Å². The number of rotatable bonds is 10. The molecule has 0 radical (unpaired) electrons. The molecule has 1 aromatic heterocycles. The van der Waals surface area contributed by atoms with Crippen LogP contribution < -0.4 is 10.6 Å². The molecule has 2 aliphatic rings. The number of benzene rings is 1. The second kappa shape index (κ2) is 14.0. The number of amides is 2. The number of carbonyl (C=O) groups excluding carboxylic acids is 2. The fraction of sp³-hybridized carbons (Fsp3) is 0.429. The van der Waals surface area contributed by atoms with E-state index in [-0.39, 0.29) is 61.4 Å². The van der Waals surface area contributed by atoms with Gasteiger partial charge in [-0.25, -0.2) is 19.2 Å². The number of aromatic nitrogens is 2. The number of halogens is 4. The quantitative estimate of drug-likeness (QED) is 0.300. The summed E-state index contributed by atoms with van der Waals surface area (Å²) in [7, 11) is 0. The van der Waals surface area contributed by atoms with E-state index < -0.39 is 29.3 Å². The molecule has 1 saturated heterocycles. The van der Waals surface area contributed by atoms with Crippen molar-refractivity contribution in [2.24, 2.45) is 0 Å². The third kappa shape index (κ3) is 8.34. The molecule has 0 bridgehead atoms. The molecule has 43 heavy (non-hydrogen) atoms. The van der Waals surface area contributed by atoms with E-state index in [4.69, 9.17) is 14.9 Å². The minimum atomic E-state index is -4.79. The lowest BCUT2D eigenvalue weighted by Crippen LogP contribution is -2.46. The van der Waals surface area contributed by atoms with Gasteiger partial charge in [0.25, 0.3) is 0 Å². The highest BCUT2D eigenvalue weighted by atomic mass is 19.4. The first-order valence-electron chi connectivity index (χ1n) is 13.5. The van der Waals surface area contributed by atoms with Gasteiger partial charge in [-0.3, -0.25) is 14.6 Å². The number of piperazine rings is 1. The highest BCUT2D eigenvalue weighted by molar-refractivity contribution is 6.01. The lowest BCUT2D eigenvalue weighted by Gasteiger charge is -2.34. The van der Waals surface area contributed by atoms with Gasteiger partial charge in [-0.1, -0.05) is 6.08 Å². The topological polar surface area (TPSA) is 140 Å². The van der Waals surface area contributed by atoms with Gasteiger partial charge in [0.15, 0.2) is 11.6 Å². The molecule has 1 aliphatic heterocycles. The van der Waals surface area contributed by atoms with Crippen molar-refractivity contribution in [1.82, 2.24) is 19.8 Å². The van der Waals surface area contributed by atoms with Crippen LogP contribution in [0.2, 0.25) is 0 Å². The van der Waals surface area contributed by atoms with Crippen molar-refractivity contribution in [2.75, 3.05) is 63.2 Å². The van der Waals surface area contributed by atoms with Gasteiger partial charge in [0.1, 0.15) is 12.4 Å². The second-order valence-corrected chi connectivity index (χ2v) is 9.97. The fourth-order valence-electron chi connectivity index (χ4n) is 4.68. The maximum atomic E-state index is 15.0. The molecule has 4 N–H and O–H groups in total. The Morgan fingerprint density at radius 2 is 1.77 bits per heavy atom. The number of ether oxygens (including phenoxy) is 1. The summed E-state index contributed by atoms with van der Waals surface area (Å²) in [5.41, 5.74) is -1.03. The number of nitrogens with one attached hydrogen (secondary N) is 2. The summed E-state index contributed by atoms with van der Waals surface area (Å²) in [5, 5.41) is 22.6. The first kappa shape index (κ1) is 32.0. The smallest absolute Gasteiger partial charge is 0.416 e. The summed E-state index contributed by atoms with van der Waals surface area (Å²) in [6.07, 6.45) is -0.423. The molecule has 0 unspecified atom stereocenters. The standard InChI is InChI=1S/C28H32F4N6O5/c1-17-23(15-33-26(34-17)18-2-3-24(41)25(13-18)43-11-10-40)36-27(42)35-22-14-20(28(30,31)32)19(12-21(22)29)16-38-6-4-37(5-7-38)8-9-39/h2,12-15,39-40H,3-11,16H2,1H3,(H2,35,36,42). The van der Waals surface area contributed by atoms with Crippen LogP contribution in [-0.4, -0.2) is 94.3 Å². The second-order valence-electron chi connectivity index (χ2n) is 9.97. The highest BCUT2D eigenvalue weighted by Crippen LogP contribution is 2.36. The molecular weight excluding hydrogens is 576 g/mol. The summed E-state index contributed by atoms with van der Waals surface area (Å²) in [4.78, 5) is 36.9. The van der Waals surface area contributed by atoms with Crippen LogP contribution in [0.15, 0.2) is 36.2 Å². The van der Waals surface area contributed by atoms with Crippen molar-refractivity contribution in [1.29, 1.82) is 0 Å². The summed E-state index contributed by atoms with van der Waals surface area (Å²) >= 11 is 0. The van der Waals surface area contributed by atoms with Gasteiger partial charge < -0.3 is 25.6 Å². The molecule has 0 atom stereocenters. The Kier molecular flexibility index (Phi) is 10.4. The summed E-state index contributed by atoms with van der Waals surface area (Å²) < 4.78 is 62.0. The molecule has 0 saturated carbocycles. The van der Waals surface area contributed by atoms with E-state index in [1.54, 1.807) is 17.9 Å². The van der Waals surface area contributed by atoms with E-state index in [0.29, 0.717) is 50.1 Å². The lowest BCUT2D eigenvalue weighted by molar-refractivity contribution is -0.138. The van der Waals surface area contributed by atoms with Crippen molar-refractivity contribution in [3.63, 3.8) is 0 Å². The van der Waals surface area contributed by atoms with E-state index in [0.717, 1.165) is 6.07 Å². The molecule has 15 heteroatoms. The first-order valence-corrected chi connectivity index (χ1v) is 13.5. The molecule has 2 aromatic rings. The third-order valence-corrected chi connectivity index (χ3v) is 6.92. The van der Waals surface area contributed by atoms with Gasteiger partial charge in [-0.15, -0.1) is 0 Å². The Morgan fingerprint density at radius 1 is 1.07 bits per heavy atom. The number of aryl methyl sites for hydroxylation is 1. The van der Waals surface area contributed by atoms with Crippen LogP contribution in [0.4, 0.5) is 33.7 Å². The average molecular weight is 609 g/mol. The van der Waals surface area contributed by atoms with Gasteiger partial charge in [0.05, 0.1) is 42.0 Å². The number of hydrogen-bond donors (Lipinski definition) is 4. The third-order valence-electron chi connectivity index (χ3n) is 6.92. The minimum Gasteiger partial charge on any atom is -0.487 e. The molecule has 1 aromatic carbocycles. The van der Waals surface area contributed by atoms with Crippen molar-refractivity contribution in [3.8, 4) is 0 Å². The zero-order chi connectivity index (χ0) is 31.1.